The number of aliphatic hydroxyl groups excluding tert-OH is 1. The maximum absolute atomic E-state index is 10.5. The normalized spacial score (nSPS) is 10.4. The molecule has 0 spiro atoms. The summed E-state index contributed by atoms with van der Waals surface area (Å²) in [4.78, 5) is 12.4. The van der Waals surface area contributed by atoms with Crippen molar-refractivity contribution in [1.82, 2.24) is 4.90 Å². The quantitative estimate of drug-likeness (QED) is 0.587. The first kappa shape index (κ1) is 9.59. The molecule has 0 aromatic rings. The van der Waals surface area contributed by atoms with Gasteiger partial charge >= 0.3 is 0 Å². The standard InChI is InChI=1S/C7H15NO2/c1-7(10)6-8(2)4-3-5-9/h9H,3-6H2,1-2H3. The number of ketones is 1. The molecule has 0 aromatic heterocycles. The lowest BCUT2D eigenvalue weighted by atomic mass is 10.3. The number of carbonyl (C=O) groups excluding carboxylic acids is 1. The zero-order valence-corrected chi connectivity index (χ0v) is 6.63. The van der Waals surface area contributed by atoms with Gasteiger partial charge in [-0.25, -0.2) is 0 Å². The second-order valence-electron chi connectivity index (χ2n) is 2.52. The molecule has 0 aliphatic rings. The van der Waals surface area contributed by atoms with E-state index < -0.39 is 0 Å². The molecule has 0 fully saturated rings. The smallest absolute Gasteiger partial charge is 0.143 e. The highest BCUT2D eigenvalue weighted by Gasteiger charge is 1.99. The Hall–Kier alpha value is -0.410. The van der Waals surface area contributed by atoms with E-state index >= 15 is 0 Å². The minimum absolute atomic E-state index is 0.167. The van der Waals surface area contributed by atoms with Crippen molar-refractivity contribution in [2.75, 3.05) is 26.7 Å². The highest BCUT2D eigenvalue weighted by atomic mass is 16.3. The zero-order chi connectivity index (χ0) is 7.98. The first-order valence-corrected chi connectivity index (χ1v) is 3.45. The van der Waals surface area contributed by atoms with Crippen LogP contribution in [0.1, 0.15) is 13.3 Å². The van der Waals surface area contributed by atoms with E-state index in [9.17, 15) is 4.79 Å². The fourth-order valence-electron chi connectivity index (χ4n) is 0.800. The van der Waals surface area contributed by atoms with Gasteiger partial charge in [0.15, 0.2) is 0 Å². The average Bonchev–Trinajstić information content (AvgIpc) is 1.82. The van der Waals surface area contributed by atoms with Crippen LogP contribution in [0.4, 0.5) is 0 Å². The zero-order valence-electron chi connectivity index (χ0n) is 6.63. The topological polar surface area (TPSA) is 40.5 Å². The molecule has 0 aromatic carbocycles. The lowest BCUT2D eigenvalue weighted by Crippen LogP contribution is -2.25. The van der Waals surface area contributed by atoms with Gasteiger partial charge in [0.05, 0.1) is 6.54 Å². The Morgan fingerprint density at radius 3 is 2.60 bits per heavy atom. The van der Waals surface area contributed by atoms with Gasteiger partial charge in [0.1, 0.15) is 5.78 Å². The maximum atomic E-state index is 10.5. The minimum atomic E-state index is 0.167. The lowest BCUT2D eigenvalue weighted by molar-refractivity contribution is -0.117. The van der Waals surface area contributed by atoms with Crippen molar-refractivity contribution < 1.29 is 9.90 Å². The number of nitrogens with zero attached hydrogens (tertiary/aromatic N) is 1. The number of hydrogen-bond donors (Lipinski definition) is 1. The van der Waals surface area contributed by atoms with E-state index in [4.69, 9.17) is 5.11 Å². The van der Waals surface area contributed by atoms with Crippen molar-refractivity contribution in [3.8, 4) is 0 Å². The average molecular weight is 145 g/mol. The van der Waals surface area contributed by atoms with Crippen LogP contribution in [0.5, 0.6) is 0 Å². The third-order valence-electron chi connectivity index (χ3n) is 1.19. The van der Waals surface area contributed by atoms with Gasteiger partial charge in [-0.2, -0.15) is 0 Å². The Kier molecular flexibility index (Phi) is 5.16. The van der Waals surface area contributed by atoms with E-state index in [1.165, 1.54) is 0 Å². The number of carbonyl (C=O) groups is 1. The Labute approximate surface area is 61.6 Å². The molecule has 0 saturated heterocycles. The summed E-state index contributed by atoms with van der Waals surface area (Å²) in [5.41, 5.74) is 0. The van der Waals surface area contributed by atoms with E-state index in [1.807, 2.05) is 11.9 Å². The van der Waals surface area contributed by atoms with Crippen LogP contribution in [0.3, 0.4) is 0 Å². The molecule has 0 unspecified atom stereocenters. The summed E-state index contributed by atoms with van der Waals surface area (Å²) in [6.45, 7) is 3.04. The second-order valence-corrected chi connectivity index (χ2v) is 2.52. The molecule has 0 aliphatic heterocycles. The number of likely N-dealkylation sites (N-methyl/N-ethyl adjacent to an activating group) is 1. The Morgan fingerprint density at radius 1 is 1.60 bits per heavy atom. The van der Waals surface area contributed by atoms with Crippen molar-refractivity contribution in [1.29, 1.82) is 0 Å². The molecule has 0 aliphatic carbocycles. The van der Waals surface area contributed by atoms with Gasteiger partial charge in [-0.1, -0.05) is 0 Å². The van der Waals surface area contributed by atoms with E-state index in [-0.39, 0.29) is 12.4 Å². The van der Waals surface area contributed by atoms with Crippen LogP contribution in [0.2, 0.25) is 0 Å². The largest absolute Gasteiger partial charge is 0.396 e. The molecule has 10 heavy (non-hydrogen) atoms. The Balaban J connectivity index is 3.25. The van der Waals surface area contributed by atoms with Crippen molar-refractivity contribution in [3.05, 3.63) is 0 Å². The molecule has 0 bridgehead atoms. The third-order valence-corrected chi connectivity index (χ3v) is 1.19. The number of rotatable bonds is 5. The third kappa shape index (κ3) is 5.72. The molecular formula is C7H15NO2. The van der Waals surface area contributed by atoms with Gasteiger partial charge in [-0.05, 0) is 20.4 Å². The van der Waals surface area contributed by atoms with Crippen LogP contribution in [-0.4, -0.2) is 42.5 Å². The lowest BCUT2D eigenvalue weighted by Gasteiger charge is -2.12. The Morgan fingerprint density at radius 2 is 2.20 bits per heavy atom. The monoisotopic (exact) mass is 145 g/mol. The van der Waals surface area contributed by atoms with Crippen molar-refractivity contribution >= 4 is 5.78 Å². The van der Waals surface area contributed by atoms with Crippen molar-refractivity contribution in [3.63, 3.8) is 0 Å². The number of aliphatic hydroxyl groups is 1. The van der Waals surface area contributed by atoms with Crippen LogP contribution < -0.4 is 0 Å². The van der Waals surface area contributed by atoms with E-state index in [1.54, 1.807) is 6.92 Å². The predicted octanol–water partition coefficient (Wildman–Crippen LogP) is -0.110. The molecule has 0 heterocycles. The van der Waals surface area contributed by atoms with Crippen molar-refractivity contribution in [2.45, 2.75) is 13.3 Å². The van der Waals surface area contributed by atoms with Gasteiger partial charge in [-0.15, -0.1) is 0 Å². The molecule has 0 saturated carbocycles. The van der Waals surface area contributed by atoms with Gasteiger partial charge in [0, 0.05) is 13.2 Å². The number of hydrogen-bond acceptors (Lipinski definition) is 3. The van der Waals surface area contributed by atoms with Crippen LogP contribution >= 0.6 is 0 Å². The van der Waals surface area contributed by atoms with Crippen LogP contribution in [0.15, 0.2) is 0 Å². The minimum Gasteiger partial charge on any atom is -0.396 e. The van der Waals surface area contributed by atoms with Crippen LogP contribution in [0.25, 0.3) is 0 Å². The molecular weight excluding hydrogens is 130 g/mol. The highest BCUT2D eigenvalue weighted by molar-refractivity contribution is 5.77. The molecule has 1 N–H and O–H groups in total. The van der Waals surface area contributed by atoms with Gasteiger partial charge in [0.25, 0.3) is 0 Å². The molecule has 3 nitrogen and oxygen atoms in total. The molecule has 0 atom stereocenters. The molecule has 0 amide bonds. The summed E-state index contributed by atoms with van der Waals surface area (Å²) >= 11 is 0. The van der Waals surface area contributed by atoms with Gasteiger partial charge in [-0.3, -0.25) is 9.69 Å². The van der Waals surface area contributed by atoms with Crippen LogP contribution in [-0.2, 0) is 4.79 Å². The highest BCUT2D eigenvalue weighted by Crippen LogP contribution is 1.85. The molecule has 3 heteroatoms. The van der Waals surface area contributed by atoms with Crippen LogP contribution in [0, 0.1) is 0 Å². The first-order valence-electron chi connectivity index (χ1n) is 3.45. The molecule has 60 valence electrons. The SMILES string of the molecule is CC(=O)CN(C)CCCO. The first-order chi connectivity index (χ1) is 4.66. The second kappa shape index (κ2) is 5.38. The molecule has 0 rings (SSSR count). The summed E-state index contributed by atoms with van der Waals surface area (Å²) < 4.78 is 0. The number of Topliss-reactive ketones (excluding diaryl/α,β-unsaturated/α-hetero) is 1. The Bertz CT molecular complexity index is 104. The predicted molar refractivity (Wildman–Crippen MR) is 39.9 cm³/mol. The fourth-order valence-corrected chi connectivity index (χ4v) is 0.800. The van der Waals surface area contributed by atoms with Gasteiger partial charge < -0.3 is 5.11 Å². The summed E-state index contributed by atoms with van der Waals surface area (Å²) in [5, 5.41) is 8.44. The van der Waals surface area contributed by atoms with Crippen molar-refractivity contribution in [2.24, 2.45) is 0 Å². The fraction of sp³-hybridized carbons (Fsp3) is 0.857. The maximum Gasteiger partial charge on any atom is 0.143 e. The summed E-state index contributed by atoms with van der Waals surface area (Å²) in [7, 11) is 1.87. The summed E-state index contributed by atoms with van der Waals surface area (Å²) in [6, 6.07) is 0. The van der Waals surface area contributed by atoms with E-state index in [2.05, 4.69) is 0 Å². The van der Waals surface area contributed by atoms with E-state index in [0.29, 0.717) is 6.54 Å². The molecule has 0 radical (unpaired) electrons. The van der Waals surface area contributed by atoms with E-state index in [0.717, 1.165) is 13.0 Å². The summed E-state index contributed by atoms with van der Waals surface area (Å²) in [6.07, 6.45) is 0.740. The van der Waals surface area contributed by atoms with Gasteiger partial charge in [0.2, 0.25) is 0 Å². The summed E-state index contributed by atoms with van der Waals surface area (Å²) in [5.74, 6) is 0.167.